The van der Waals surface area contributed by atoms with Crippen molar-refractivity contribution in [1.82, 2.24) is 4.57 Å². The topological polar surface area (TPSA) is 22.0 Å². The minimum absolute atomic E-state index is 0.317. The maximum absolute atomic E-state index is 11.8. The highest BCUT2D eigenvalue weighted by Crippen LogP contribution is 2.26. The molecule has 2 heterocycles. The van der Waals surface area contributed by atoms with Crippen molar-refractivity contribution in [3.8, 4) is 0 Å². The van der Waals surface area contributed by atoms with Gasteiger partial charge in [-0.15, -0.1) is 0 Å². The first-order valence-corrected chi connectivity index (χ1v) is 7.44. The molecule has 0 aliphatic heterocycles. The zero-order chi connectivity index (χ0) is 12.5. The monoisotopic (exact) mass is 259 g/mol. The predicted molar refractivity (Wildman–Crippen MR) is 74.4 cm³/mol. The summed E-state index contributed by atoms with van der Waals surface area (Å²) in [5.74, 6) is 0.317. The van der Waals surface area contributed by atoms with E-state index in [4.69, 9.17) is 0 Å². The summed E-state index contributed by atoms with van der Waals surface area (Å²) in [5, 5.41) is 4.33. The molecule has 94 valence electrons. The Balaban J connectivity index is 1.86. The van der Waals surface area contributed by atoms with E-state index in [-0.39, 0.29) is 0 Å². The van der Waals surface area contributed by atoms with E-state index < -0.39 is 0 Å². The highest BCUT2D eigenvalue weighted by Gasteiger charge is 2.22. The van der Waals surface area contributed by atoms with Gasteiger partial charge in [0.25, 0.3) is 0 Å². The summed E-state index contributed by atoms with van der Waals surface area (Å²) in [5.41, 5.74) is 3.59. The Bertz CT molecular complexity index is 553. The van der Waals surface area contributed by atoms with E-state index in [2.05, 4.69) is 34.5 Å². The summed E-state index contributed by atoms with van der Waals surface area (Å²) in [6.07, 6.45) is 5.89. The van der Waals surface area contributed by atoms with Gasteiger partial charge in [-0.25, -0.2) is 0 Å². The Kier molecular flexibility index (Phi) is 3.08. The van der Waals surface area contributed by atoms with Crippen LogP contribution in [0.5, 0.6) is 0 Å². The second kappa shape index (κ2) is 4.73. The molecule has 0 aromatic carbocycles. The summed E-state index contributed by atoms with van der Waals surface area (Å²) in [4.78, 5) is 11.8. The predicted octanol–water partition coefficient (Wildman–Crippen LogP) is 3.87. The van der Waals surface area contributed by atoms with Gasteiger partial charge in [0.1, 0.15) is 0 Å². The molecule has 3 heteroatoms. The van der Waals surface area contributed by atoms with E-state index in [1.165, 1.54) is 11.3 Å². The molecule has 1 aliphatic rings. The fourth-order valence-electron chi connectivity index (χ4n) is 2.81. The largest absolute Gasteiger partial charge is 0.348 e. The van der Waals surface area contributed by atoms with Crippen molar-refractivity contribution in [3.63, 3.8) is 0 Å². The van der Waals surface area contributed by atoms with Crippen molar-refractivity contribution in [2.75, 3.05) is 0 Å². The van der Waals surface area contributed by atoms with Crippen LogP contribution in [0, 0.1) is 0 Å². The van der Waals surface area contributed by atoms with Crippen LogP contribution in [0.4, 0.5) is 0 Å². The van der Waals surface area contributed by atoms with Gasteiger partial charge >= 0.3 is 0 Å². The van der Waals surface area contributed by atoms with E-state index in [1.807, 2.05) is 6.07 Å². The van der Waals surface area contributed by atoms with Gasteiger partial charge in [-0.1, -0.05) is 0 Å². The van der Waals surface area contributed by atoms with Gasteiger partial charge in [-0.2, -0.15) is 11.3 Å². The zero-order valence-corrected chi connectivity index (χ0v) is 11.4. The third-order valence-corrected chi connectivity index (χ3v) is 4.46. The molecule has 0 spiro atoms. The molecular formula is C15H17NOS. The van der Waals surface area contributed by atoms with Gasteiger partial charge in [0.05, 0.1) is 0 Å². The number of aromatic nitrogens is 1. The number of carbonyl (C=O) groups excluding carboxylic acids is 1. The van der Waals surface area contributed by atoms with E-state index in [0.717, 1.165) is 31.2 Å². The summed E-state index contributed by atoms with van der Waals surface area (Å²) in [6.45, 7) is 2.23. The Labute approximate surface area is 111 Å². The molecule has 0 radical (unpaired) electrons. The van der Waals surface area contributed by atoms with Crippen molar-refractivity contribution >= 4 is 17.1 Å². The first-order chi connectivity index (χ1) is 8.75. The smallest absolute Gasteiger partial charge is 0.164 e. The Morgan fingerprint density at radius 1 is 1.39 bits per heavy atom. The summed E-state index contributed by atoms with van der Waals surface area (Å²) in [6, 6.07) is 4.61. The van der Waals surface area contributed by atoms with Crippen LogP contribution < -0.4 is 0 Å². The lowest BCUT2D eigenvalue weighted by molar-refractivity contribution is 0.0971. The number of hydrogen-bond acceptors (Lipinski definition) is 2. The van der Waals surface area contributed by atoms with Gasteiger partial charge in [0, 0.05) is 29.9 Å². The van der Waals surface area contributed by atoms with Gasteiger partial charge in [-0.05, 0) is 54.6 Å². The zero-order valence-electron chi connectivity index (χ0n) is 10.6. The molecule has 0 amide bonds. The molecule has 1 unspecified atom stereocenters. The van der Waals surface area contributed by atoms with Crippen LogP contribution in [0.25, 0.3) is 0 Å². The van der Waals surface area contributed by atoms with Gasteiger partial charge in [0.2, 0.25) is 0 Å². The number of rotatable bonds is 3. The normalized spacial score (nSPS) is 16.6. The molecular weight excluding hydrogens is 242 g/mol. The van der Waals surface area contributed by atoms with Crippen molar-refractivity contribution in [1.29, 1.82) is 0 Å². The SMILES string of the molecule is CC(Cc1ccsc1)n1ccc2c1CCCC2=O. The highest BCUT2D eigenvalue weighted by atomic mass is 32.1. The molecule has 0 bridgehead atoms. The van der Waals surface area contributed by atoms with Crippen molar-refractivity contribution in [2.45, 2.75) is 38.6 Å². The summed E-state index contributed by atoms with van der Waals surface area (Å²) in [7, 11) is 0. The number of nitrogens with zero attached hydrogens (tertiary/aromatic N) is 1. The second-order valence-corrected chi connectivity index (χ2v) is 5.82. The maximum atomic E-state index is 11.8. The standard InChI is InChI=1S/C15H17NOS/c1-11(9-12-6-8-18-10-12)16-7-5-13-14(16)3-2-4-15(13)17/h5-8,10-11H,2-4,9H2,1H3. The van der Waals surface area contributed by atoms with E-state index in [0.29, 0.717) is 11.8 Å². The van der Waals surface area contributed by atoms with Crippen molar-refractivity contribution in [3.05, 3.63) is 45.9 Å². The lowest BCUT2D eigenvalue weighted by Gasteiger charge is -2.20. The van der Waals surface area contributed by atoms with Crippen molar-refractivity contribution in [2.24, 2.45) is 0 Å². The van der Waals surface area contributed by atoms with Crippen LogP contribution in [0.2, 0.25) is 0 Å². The summed E-state index contributed by atoms with van der Waals surface area (Å²) < 4.78 is 2.30. The Morgan fingerprint density at radius 2 is 2.28 bits per heavy atom. The van der Waals surface area contributed by atoms with Crippen LogP contribution in [-0.4, -0.2) is 10.4 Å². The quantitative estimate of drug-likeness (QED) is 0.820. The number of fused-ring (bicyclic) bond motifs is 1. The Hall–Kier alpha value is -1.35. The second-order valence-electron chi connectivity index (χ2n) is 5.04. The van der Waals surface area contributed by atoms with Crippen molar-refractivity contribution < 1.29 is 4.79 Å². The van der Waals surface area contributed by atoms with Crippen LogP contribution in [0.1, 0.15) is 47.4 Å². The van der Waals surface area contributed by atoms with E-state index in [1.54, 1.807) is 11.3 Å². The Morgan fingerprint density at radius 3 is 3.06 bits per heavy atom. The van der Waals surface area contributed by atoms with E-state index >= 15 is 0 Å². The number of Topliss-reactive ketones (excluding diaryl/α,β-unsaturated/α-hetero) is 1. The molecule has 2 aromatic rings. The van der Waals surface area contributed by atoms with Crippen LogP contribution >= 0.6 is 11.3 Å². The third-order valence-electron chi connectivity index (χ3n) is 3.73. The minimum Gasteiger partial charge on any atom is -0.348 e. The molecule has 3 rings (SSSR count). The number of thiophene rings is 1. The fourth-order valence-corrected chi connectivity index (χ4v) is 3.49. The average Bonchev–Trinajstić information content (AvgIpc) is 2.98. The molecule has 0 N–H and O–H groups in total. The van der Waals surface area contributed by atoms with Gasteiger partial charge < -0.3 is 4.57 Å². The first kappa shape index (κ1) is 11.7. The average molecular weight is 259 g/mol. The number of carbonyl (C=O) groups is 1. The molecule has 0 saturated carbocycles. The lowest BCUT2D eigenvalue weighted by Crippen LogP contribution is -2.16. The van der Waals surface area contributed by atoms with Gasteiger partial charge in [0.15, 0.2) is 5.78 Å². The van der Waals surface area contributed by atoms with Crippen LogP contribution in [0.3, 0.4) is 0 Å². The lowest BCUT2D eigenvalue weighted by atomic mass is 9.96. The van der Waals surface area contributed by atoms with Gasteiger partial charge in [-0.3, -0.25) is 4.79 Å². The summed E-state index contributed by atoms with van der Waals surface area (Å²) >= 11 is 1.74. The molecule has 0 saturated heterocycles. The fraction of sp³-hybridized carbons (Fsp3) is 0.400. The van der Waals surface area contributed by atoms with E-state index in [9.17, 15) is 4.79 Å². The molecule has 0 fully saturated rings. The molecule has 1 atom stereocenters. The number of ketones is 1. The minimum atomic E-state index is 0.317. The molecule has 2 aromatic heterocycles. The molecule has 1 aliphatic carbocycles. The third kappa shape index (κ3) is 2.03. The number of hydrogen-bond donors (Lipinski definition) is 0. The molecule has 2 nitrogen and oxygen atoms in total. The van der Waals surface area contributed by atoms with Crippen LogP contribution in [0.15, 0.2) is 29.1 Å². The highest BCUT2D eigenvalue weighted by molar-refractivity contribution is 7.07. The van der Waals surface area contributed by atoms with Crippen LogP contribution in [-0.2, 0) is 12.8 Å². The maximum Gasteiger partial charge on any atom is 0.164 e. The first-order valence-electron chi connectivity index (χ1n) is 6.49. The molecule has 18 heavy (non-hydrogen) atoms.